The summed E-state index contributed by atoms with van der Waals surface area (Å²) in [5.74, 6) is 0.00904. The third-order valence-electron chi connectivity index (χ3n) is 4.51. The Morgan fingerprint density at radius 2 is 1.90 bits per heavy atom. The van der Waals surface area contributed by atoms with Gasteiger partial charge in [0.15, 0.2) is 0 Å². The Hall–Kier alpha value is -2.88. The molecular weight excluding hydrogens is 442 g/mol. The number of rotatable bonds is 8. The Balaban J connectivity index is 1.89. The third-order valence-corrected chi connectivity index (χ3v) is 6.25. The van der Waals surface area contributed by atoms with E-state index in [4.69, 9.17) is 20.9 Å². The molecule has 0 fully saturated rings. The molecule has 0 unspecified atom stereocenters. The van der Waals surface area contributed by atoms with Gasteiger partial charge < -0.3 is 9.26 Å². The lowest BCUT2D eigenvalue weighted by molar-refractivity contribution is -0.114. The zero-order valence-corrected chi connectivity index (χ0v) is 18.8. The van der Waals surface area contributed by atoms with Crippen molar-refractivity contribution in [2.45, 2.75) is 25.2 Å². The molecule has 164 valence electrons. The summed E-state index contributed by atoms with van der Waals surface area (Å²) in [5.41, 5.74) is 2.47. The molecule has 0 radical (unpaired) electrons. The normalized spacial score (nSPS) is 11.4. The van der Waals surface area contributed by atoms with Crippen molar-refractivity contribution < 1.29 is 22.5 Å². The number of aryl methyl sites for hydroxylation is 1. The Labute approximate surface area is 185 Å². The molecule has 0 aliphatic heterocycles. The van der Waals surface area contributed by atoms with Crippen LogP contribution in [0.4, 0.5) is 5.88 Å². The number of methoxy groups -OCH3 is 1. The predicted molar refractivity (Wildman–Crippen MR) is 118 cm³/mol. The maximum atomic E-state index is 13.0. The summed E-state index contributed by atoms with van der Waals surface area (Å²) in [6, 6.07) is 11.9. The van der Waals surface area contributed by atoms with E-state index in [9.17, 15) is 13.2 Å². The smallest absolute Gasteiger partial charge is 0.244 e. The van der Waals surface area contributed by atoms with Crippen LogP contribution in [0.2, 0.25) is 5.02 Å². The summed E-state index contributed by atoms with van der Waals surface area (Å²) in [5, 5.41) is 7.06. The molecule has 10 heteroatoms. The molecule has 2 N–H and O–H groups in total. The van der Waals surface area contributed by atoms with E-state index in [-0.39, 0.29) is 29.0 Å². The molecule has 31 heavy (non-hydrogen) atoms. The lowest BCUT2D eigenvalue weighted by Crippen LogP contribution is -2.26. The first-order valence-corrected chi connectivity index (χ1v) is 11.2. The lowest BCUT2D eigenvalue weighted by atomic mass is 10.1. The van der Waals surface area contributed by atoms with E-state index in [2.05, 4.69) is 15.2 Å². The number of nitrogens with zero attached hydrogens (tertiary/aromatic N) is 1. The van der Waals surface area contributed by atoms with Crippen LogP contribution in [-0.4, -0.2) is 33.1 Å². The van der Waals surface area contributed by atoms with Crippen molar-refractivity contribution in [2.24, 2.45) is 0 Å². The van der Waals surface area contributed by atoms with Gasteiger partial charge in [0, 0.05) is 18.5 Å². The van der Waals surface area contributed by atoms with Crippen molar-refractivity contribution in [1.82, 2.24) is 9.88 Å². The number of aromatic nitrogens is 1. The molecule has 0 spiro atoms. The van der Waals surface area contributed by atoms with Gasteiger partial charge in [-0.1, -0.05) is 35.0 Å². The van der Waals surface area contributed by atoms with E-state index in [1.807, 2.05) is 12.1 Å². The molecule has 3 rings (SSSR count). The minimum absolute atomic E-state index is 0.0296. The van der Waals surface area contributed by atoms with Gasteiger partial charge in [0.2, 0.25) is 21.8 Å². The first-order chi connectivity index (χ1) is 14.7. The topological polar surface area (TPSA) is 111 Å². The van der Waals surface area contributed by atoms with Crippen molar-refractivity contribution in [1.29, 1.82) is 0 Å². The van der Waals surface area contributed by atoms with Gasteiger partial charge in [0.1, 0.15) is 10.6 Å². The fraction of sp³-hybridized carbons (Fsp3) is 0.238. The number of halogens is 1. The highest BCUT2D eigenvalue weighted by Crippen LogP contribution is 2.35. The van der Waals surface area contributed by atoms with Gasteiger partial charge >= 0.3 is 0 Å². The number of carbonyl (C=O) groups is 1. The average molecular weight is 464 g/mol. The van der Waals surface area contributed by atoms with E-state index < -0.39 is 10.0 Å². The molecule has 0 aliphatic rings. The number of hydrogen-bond acceptors (Lipinski definition) is 6. The second kappa shape index (κ2) is 9.51. The van der Waals surface area contributed by atoms with E-state index in [0.717, 1.165) is 5.56 Å². The van der Waals surface area contributed by atoms with Crippen LogP contribution in [-0.2, 0) is 21.2 Å². The first-order valence-electron chi connectivity index (χ1n) is 9.37. The van der Waals surface area contributed by atoms with E-state index in [1.165, 1.54) is 20.1 Å². The molecule has 0 aliphatic carbocycles. The fourth-order valence-corrected chi connectivity index (χ4v) is 4.41. The number of nitrogens with one attached hydrogen (secondary N) is 2. The Bertz CT molecular complexity index is 1190. The molecule has 0 atom stereocenters. The van der Waals surface area contributed by atoms with Crippen molar-refractivity contribution in [3.63, 3.8) is 0 Å². The van der Waals surface area contributed by atoms with Gasteiger partial charge in [0.05, 0.1) is 18.4 Å². The van der Waals surface area contributed by atoms with Crippen LogP contribution in [0.3, 0.4) is 0 Å². The molecule has 1 amide bonds. The molecule has 8 nitrogen and oxygen atoms in total. The van der Waals surface area contributed by atoms with Gasteiger partial charge in [-0.15, -0.1) is 0 Å². The fourth-order valence-electron chi connectivity index (χ4n) is 3.06. The molecular formula is C21H22ClN3O5S. The van der Waals surface area contributed by atoms with Gasteiger partial charge in [-0.2, -0.15) is 0 Å². The van der Waals surface area contributed by atoms with Crippen LogP contribution in [0.1, 0.15) is 18.2 Å². The zero-order chi connectivity index (χ0) is 22.6. The number of hydrogen-bond donors (Lipinski definition) is 2. The third kappa shape index (κ3) is 5.43. The molecule has 2 aromatic carbocycles. The maximum Gasteiger partial charge on any atom is 0.244 e. The van der Waals surface area contributed by atoms with E-state index in [1.54, 1.807) is 31.2 Å². The lowest BCUT2D eigenvalue weighted by Gasteiger charge is -2.13. The van der Waals surface area contributed by atoms with Crippen molar-refractivity contribution in [3.8, 4) is 16.9 Å². The van der Waals surface area contributed by atoms with Crippen molar-refractivity contribution in [2.75, 3.05) is 19.0 Å². The summed E-state index contributed by atoms with van der Waals surface area (Å²) in [4.78, 5) is 11.4. The second-order valence-corrected chi connectivity index (χ2v) is 8.96. The second-order valence-electron chi connectivity index (χ2n) is 6.79. The molecule has 3 aromatic rings. The Kier molecular flexibility index (Phi) is 6.99. The van der Waals surface area contributed by atoms with Crippen LogP contribution in [0.25, 0.3) is 11.1 Å². The van der Waals surface area contributed by atoms with Crippen LogP contribution >= 0.6 is 11.6 Å². The van der Waals surface area contributed by atoms with Crippen LogP contribution in [0.15, 0.2) is 51.9 Å². The summed E-state index contributed by atoms with van der Waals surface area (Å²) in [7, 11) is -2.49. The predicted octanol–water partition coefficient (Wildman–Crippen LogP) is 3.79. The summed E-state index contributed by atoms with van der Waals surface area (Å²) in [6.45, 7) is 3.24. The molecule has 0 saturated carbocycles. The first kappa shape index (κ1) is 22.8. The SMILES string of the molecule is COc1ccc(-c2c(C)noc2NC(C)=O)cc1S(=O)(=O)NCCc1ccc(Cl)cc1. The summed E-state index contributed by atoms with van der Waals surface area (Å²) in [6.07, 6.45) is 0.496. The van der Waals surface area contributed by atoms with E-state index in [0.29, 0.717) is 28.3 Å². The van der Waals surface area contributed by atoms with Crippen LogP contribution in [0, 0.1) is 6.92 Å². The Morgan fingerprint density at radius 1 is 1.19 bits per heavy atom. The van der Waals surface area contributed by atoms with Crippen molar-refractivity contribution in [3.05, 3.63) is 58.7 Å². The molecule has 0 saturated heterocycles. The molecule has 1 aromatic heterocycles. The number of benzene rings is 2. The van der Waals surface area contributed by atoms with Crippen LogP contribution < -0.4 is 14.8 Å². The highest BCUT2D eigenvalue weighted by atomic mass is 35.5. The molecule has 0 bridgehead atoms. The number of carbonyl (C=O) groups excluding carboxylic acids is 1. The quantitative estimate of drug-likeness (QED) is 0.525. The monoisotopic (exact) mass is 463 g/mol. The number of anilines is 1. The average Bonchev–Trinajstić information content (AvgIpc) is 3.08. The zero-order valence-electron chi connectivity index (χ0n) is 17.2. The minimum atomic E-state index is -3.88. The number of amides is 1. The molecule has 1 heterocycles. The van der Waals surface area contributed by atoms with Crippen LogP contribution in [0.5, 0.6) is 5.75 Å². The summed E-state index contributed by atoms with van der Waals surface area (Å²) >= 11 is 5.88. The number of ether oxygens (including phenoxy) is 1. The number of sulfonamides is 1. The van der Waals surface area contributed by atoms with Gasteiger partial charge in [-0.05, 0) is 48.7 Å². The van der Waals surface area contributed by atoms with Gasteiger partial charge in [0.25, 0.3) is 0 Å². The van der Waals surface area contributed by atoms with Crippen molar-refractivity contribution >= 4 is 33.4 Å². The Morgan fingerprint density at radius 3 is 2.55 bits per heavy atom. The maximum absolute atomic E-state index is 13.0. The highest BCUT2D eigenvalue weighted by molar-refractivity contribution is 7.89. The van der Waals surface area contributed by atoms with Gasteiger partial charge in [-0.3, -0.25) is 10.1 Å². The van der Waals surface area contributed by atoms with Gasteiger partial charge in [-0.25, -0.2) is 13.1 Å². The largest absolute Gasteiger partial charge is 0.495 e. The summed E-state index contributed by atoms with van der Waals surface area (Å²) < 4.78 is 39.0. The standard InChI is InChI=1S/C21H22ClN3O5S/c1-13-20(21(30-25-13)24-14(2)26)16-6-9-18(29-3)19(12-16)31(27,28)23-11-10-15-4-7-17(22)8-5-15/h4-9,12,23H,10-11H2,1-3H3,(H,24,26). The van der Waals surface area contributed by atoms with E-state index >= 15 is 0 Å². The highest BCUT2D eigenvalue weighted by Gasteiger charge is 2.23. The minimum Gasteiger partial charge on any atom is -0.495 e.